The number of fused-ring (bicyclic) bond motifs is 2. The van der Waals surface area contributed by atoms with Gasteiger partial charge >= 0.3 is 265 Å². The molecule has 0 saturated heterocycles. The third-order valence-electron chi connectivity index (χ3n) is 8.67. The maximum atomic E-state index is 11.8. The maximum Gasteiger partial charge on any atom is -0.344 e. The van der Waals surface area contributed by atoms with Gasteiger partial charge in [-0.05, 0) is 0 Å². The molecular formula is C34H35ClFeN5O4. The molecule has 0 unspecified atom stereocenters. The van der Waals surface area contributed by atoms with Crippen LogP contribution in [0.2, 0.25) is 0 Å². The molecule has 0 radical (unpaired) electrons. The number of nitrogens with zero attached hydrogens (tertiary/aromatic N) is 4. The van der Waals surface area contributed by atoms with Crippen LogP contribution in [-0.2, 0) is 29.4 Å². The van der Waals surface area contributed by atoms with E-state index in [2.05, 4.69) is 26.4 Å². The topological polar surface area (TPSA) is 144 Å². The first-order chi connectivity index (χ1) is 21.0. The molecule has 5 N–H and O–H groups in total. The molecule has 2 aromatic heterocycles. The zero-order chi connectivity index (χ0) is 31.6. The number of carbonyl (C=O) groups is 2. The van der Waals surface area contributed by atoms with Gasteiger partial charge in [-0.2, -0.15) is 0 Å². The Bertz CT molecular complexity index is 2070. The predicted molar refractivity (Wildman–Crippen MR) is 178 cm³/mol. The number of hydrogen-bond donors (Lipinski definition) is 3. The Hall–Kier alpha value is -4.21. The van der Waals surface area contributed by atoms with Gasteiger partial charge < -0.3 is 6.15 Å². The SMILES string of the molecule is C=CC1=C(C)/C2=C/c3c(C=C)c(C)c4[n]3[Fe]([Cl])[n]3/c(c(C)c(CCC(=O)O)/c3=C/C3=NC(=C\4)/C(C)=C3CCC(=O)O)=C\C1=N2.N. The minimum absolute atomic E-state index is 0. The second-order valence-electron chi connectivity index (χ2n) is 11.1. The van der Waals surface area contributed by atoms with Crippen molar-refractivity contribution in [3.63, 3.8) is 0 Å². The van der Waals surface area contributed by atoms with Gasteiger partial charge in [-0.3, -0.25) is 0 Å². The molecule has 45 heavy (non-hydrogen) atoms. The fourth-order valence-electron chi connectivity index (χ4n) is 6.26. The van der Waals surface area contributed by atoms with Crippen LogP contribution in [0, 0.1) is 13.8 Å². The molecule has 235 valence electrons. The molecule has 11 heteroatoms. The van der Waals surface area contributed by atoms with Crippen LogP contribution < -0.4 is 16.8 Å². The van der Waals surface area contributed by atoms with Gasteiger partial charge in [-0.25, -0.2) is 0 Å². The number of carboxylic acid groups (broad SMARTS) is 2. The van der Waals surface area contributed by atoms with E-state index in [0.717, 1.165) is 83.7 Å². The van der Waals surface area contributed by atoms with Crippen molar-refractivity contribution in [1.82, 2.24) is 13.3 Å². The van der Waals surface area contributed by atoms with E-state index in [4.69, 9.17) is 20.1 Å². The number of rotatable bonds is 8. The Morgan fingerprint density at radius 2 is 1.42 bits per heavy atom. The third kappa shape index (κ3) is 5.08. The number of aliphatic imine (C=N–C) groups is 2. The van der Waals surface area contributed by atoms with E-state index < -0.39 is 25.4 Å². The first-order valence-corrected chi connectivity index (χ1v) is 16.7. The summed E-state index contributed by atoms with van der Waals surface area (Å²) in [6, 6.07) is 0. The van der Waals surface area contributed by atoms with Gasteiger partial charge in [0.1, 0.15) is 0 Å². The first-order valence-electron chi connectivity index (χ1n) is 14.2. The smallest absolute Gasteiger partial charge is 0.344 e. The van der Waals surface area contributed by atoms with E-state index in [-0.39, 0.29) is 25.4 Å². The largest absolute Gasteiger partial charge is 0.344 e. The molecule has 4 aliphatic heterocycles. The van der Waals surface area contributed by atoms with Crippen LogP contribution >= 0.6 is 10.1 Å². The molecule has 6 rings (SSSR count). The standard InChI is InChI=1S/C34H34N4O4.ClH.Fe.H3N/c1-7-21-17(3)25-13-26-19(5)23(9-11-33(39)40)31(37-26)16-32-24(10-12-34(41)42)20(6)28(38-32)15-30-22(8-2)18(4)27(36-30)14-29(21)35-25;;;/h7-8,13-16H,1-2,9-12H2,3-6H3,(H4,35,36,37,38,39,40,41,42);1H;;1H3/q;;+3;/p-3/b25-13?,26-13-,27-14-,28-15-,29-14?,30-15?,31-16?,32-16-;;;. The molecule has 0 fully saturated rings. The second-order valence-corrected chi connectivity index (χ2v) is 13.7. The fourth-order valence-corrected chi connectivity index (χ4v) is 9.36. The minimum atomic E-state index is -1.91. The Labute approximate surface area is 270 Å². The summed E-state index contributed by atoms with van der Waals surface area (Å²) in [4.78, 5) is 33.5. The first kappa shape index (κ1) is 32.2. The Balaban J connectivity index is 0.00000400. The van der Waals surface area contributed by atoms with Crippen LogP contribution in [-0.4, -0.2) is 40.7 Å². The molecule has 2 aromatic rings. The maximum absolute atomic E-state index is 11.8. The van der Waals surface area contributed by atoms with E-state index >= 15 is 0 Å². The minimum Gasteiger partial charge on any atom is -0.344 e. The van der Waals surface area contributed by atoms with Crippen LogP contribution in [0.4, 0.5) is 0 Å². The molecule has 9 nitrogen and oxygen atoms in total. The van der Waals surface area contributed by atoms with E-state index in [1.807, 2.05) is 58.1 Å². The Morgan fingerprint density at radius 1 is 0.822 bits per heavy atom. The van der Waals surface area contributed by atoms with Gasteiger partial charge in [-0.1, -0.05) is 0 Å². The van der Waals surface area contributed by atoms with Gasteiger partial charge in [0, 0.05) is 0 Å². The van der Waals surface area contributed by atoms with Crippen LogP contribution in [0.3, 0.4) is 0 Å². The number of allylic oxidation sites excluding steroid dienone is 5. The Morgan fingerprint density at radius 3 is 2.07 bits per heavy atom. The molecule has 0 saturated carbocycles. The van der Waals surface area contributed by atoms with Crippen LogP contribution in [0.5, 0.6) is 0 Å². The normalized spacial score (nSPS) is 20.8. The van der Waals surface area contributed by atoms with Gasteiger partial charge in [0.2, 0.25) is 0 Å². The Kier molecular flexibility index (Phi) is 8.55. The average molecular weight is 669 g/mol. The quantitative estimate of drug-likeness (QED) is 0.314. The summed E-state index contributed by atoms with van der Waals surface area (Å²) < 4.78 is 4.25. The predicted octanol–water partition coefficient (Wildman–Crippen LogP) is 5.59. The number of aromatic nitrogens is 2. The van der Waals surface area contributed by atoms with E-state index in [1.165, 1.54) is 0 Å². The van der Waals surface area contributed by atoms with E-state index in [1.54, 1.807) is 0 Å². The molecule has 0 aliphatic carbocycles. The van der Waals surface area contributed by atoms with E-state index in [0.29, 0.717) is 12.1 Å². The van der Waals surface area contributed by atoms with Gasteiger partial charge in [0.25, 0.3) is 0 Å². The second kappa shape index (κ2) is 11.9. The summed E-state index contributed by atoms with van der Waals surface area (Å²) in [7, 11) is 7.69. The third-order valence-corrected chi connectivity index (χ3v) is 11.5. The number of hydrogen-bond acceptors (Lipinski definition) is 5. The molecule has 6 heterocycles. The summed E-state index contributed by atoms with van der Waals surface area (Å²) in [5.41, 5.74) is 12.1. The van der Waals surface area contributed by atoms with Crippen LogP contribution in [0.25, 0.3) is 30.4 Å². The van der Waals surface area contributed by atoms with Gasteiger partial charge in [0.15, 0.2) is 0 Å². The molecule has 0 amide bonds. The van der Waals surface area contributed by atoms with Crippen LogP contribution in [0.1, 0.15) is 66.8 Å². The van der Waals surface area contributed by atoms with Crippen LogP contribution in [0.15, 0.2) is 62.9 Å². The zero-order valence-corrected chi connectivity index (χ0v) is 27.5. The van der Waals surface area contributed by atoms with Gasteiger partial charge in [-0.15, -0.1) is 0 Å². The van der Waals surface area contributed by atoms with Crippen molar-refractivity contribution >= 4 is 63.8 Å². The number of aliphatic carboxylic acids is 2. The number of carboxylic acids is 2. The summed E-state index contributed by atoms with van der Waals surface area (Å²) >= 11 is -1.91. The zero-order valence-electron chi connectivity index (χ0n) is 25.6. The summed E-state index contributed by atoms with van der Waals surface area (Å²) in [5.74, 6) is -1.78. The molecule has 0 aromatic carbocycles. The molecule has 6 bridgehead atoms. The van der Waals surface area contributed by atoms with Crippen molar-refractivity contribution in [3.8, 4) is 0 Å². The van der Waals surface area contributed by atoms with Crippen molar-refractivity contribution in [2.24, 2.45) is 9.98 Å². The van der Waals surface area contributed by atoms with Crippen molar-refractivity contribution in [2.45, 2.75) is 53.4 Å². The monoisotopic (exact) mass is 668 g/mol. The molecule has 0 spiro atoms. The number of halogens is 1. The van der Waals surface area contributed by atoms with Crippen molar-refractivity contribution in [1.29, 1.82) is 0 Å². The summed E-state index contributed by atoms with van der Waals surface area (Å²) in [6.07, 6.45) is 12.2. The summed E-state index contributed by atoms with van der Waals surface area (Å²) in [5, 5.41) is 20.8. The van der Waals surface area contributed by atoms with Crippen molar-refractivity contribution in [2.75, 3.05) is 0 Å². The fraction of sp³-hybridized carbons (Fsp3) is 0.235. The molecular weight excluding hydrogens is 634 g/mol. The molecule has 4 aliphatic rings. The van der Waals surface area contributed by atoms with E-state index in [9.17, 15) is 19.8 Å². The van der Waals surface area contributed by atoms with Gasteiger partial charge in [0.05, 0.1) is 0 Å². The molecule has 0 atom stereocenters. The summed E-state index contributed by atoms with van der Waals surface area (Å²) in [6.45, 7) is 16.3. The average Bonchev–Trinajstić information content (AvgIpc) is 3.60. The van der Waals surface area contributed by atoms with Crippen molar-refractivity contribution < 1.29 is 33.2 Å². The van der Waals surface area contributed by atoms with Crippen molar-refractivity contribution in [3.05, 3.63) is 97.3 Å².